The minimum Gasteiger partial charge on any atom is -0.464 e. The maximum atomic E-state index is 11.4. The van der Waals surface area contributed by atoms with Crippen molar-refractivity contribution in [1.29, 1.82) is 0 Å². The number of hydrogen-bond donors (Lipinski definition) is 0. The van der Waals surface area contributed by atoms with Crippen molar-refractivity contribution in [1.82, 2.24) is 4.98 Å². The van der Waals surface area contributed by atoms with E-state index in [-0.39, 0.29) is 0 Å². The Kier molecular flexibility index (Phi) is 3.72. The van der Waals surface area contributed by atoms with Gasteiger partial charge in [0.15, 0.2) is 0 Å². The van der Waals surface area contributed by atoms with Crippen LogP contribution in [0.25, 0.3) is 5.57 Å². The highest BCUT2D eigenvalue weighted by molar-refractivity contribution is 5.88. The Hall–Kier alpha value is -2.16. The van der Waals surface area contributed by atoms with E-state index in [0.717, 1.165) is 17.6 Å². The second-order valence-electron chi connectivity index (χ2n) is 4.13. The highest BCUT2D eigenvalue weighted by Crippen LogP contribution is 2.22. The maximum Gasteiger partial charge on any atom is 0.356 e. The molecule has 2 rings (SSSR count). The largest absolute Gasteiger partial charge is 0.464 e. The summed E-state index contributed by atoms with van der Waals surface area (Å²) in [4.78, 5) is 15.4. The van der Waals surface area contributed by atoms with Crippen LogP contribution >= 0.6 is 0 Å². The van der Waals surface area contributed by atoms with Crippen molar-refractivity contribution in [2.24, 2.45) is 0 Å². The molecule has 0 saturated heterocycles. The average molecular weight is 241 g/mol. The van der Waals surface area contributed by atoms with Crippen molar-refractivity contribution in [2.45, 2.75) is 13.3 Å². The highest BCUT2D eigenvalue weighted by Gasteiger charge is 2.09. The zero-order valence-corrected chi connectivity index (χ0v) is 10.5. The fraction of sp³-hybridized carbons (Fsp3) is 0.200. The molecule has 3 heteroatoms. The molecule has 18 heavy (non-hydrogen) atoms. The summed E-state index contributed by atoms with van der Waals surface area (Å²) in [5, 5.41) is 0. The zero-order chi connectivity index (χ0) is 13.0. The Morgan fingerprint density at radius 2 is 2.22 bits per heavy atom. The van der Waals surface area contributed by atoms with Gasteiger partial charge in [0.1, 0.15) is 5.69 Å². The van der Waals surface area contributed by atoms with Crippen LogP contribution in [0.1, 0.15) is 29.4 Å². The summed E-state index contributed by atoms with van der Waals surface area (Å²) < 4.78 is 4.67. The van der Waals surface area contributed by atoms with Crippen LogP contribution in [-0.2, 0) is 4.74 Å². The third-order valence-corrected chi connectivity index (χ3v) is 2.79. The van der Waals surface area contributed by atoms with E-state index in [2.05, 4.69) is 40.9 Å². The lowest BCUT2D eigenvalue weighted by atomic mass is 10.0. The summed E-state index contributed by atoms with van der Waals surface area (Å²) in [6.07, 6.45) is 10.8. The Balaban J connectivity index is 2.34. The first-order valence-corrected chi connectivity index (χ1v) is 5.79. The highest BCUT2D eigenvalue weighted by atomic mass is 16.5. The van der Waals surface area contributed by atoms with E-state index < -0.39 is 5.97 Å². The summed E-state index contributed by atoms with van der Waals surface area (Å²) in [5.74, 6) is -0.409. The Bertz CT molecular complexity index is 553. The van der Waals surface area contributed by atoms with Crippen LogP contribution in [-0.4, -0.2) is 18.1 Å². The van der Waals surface area contributed by atoms with Crippen LogP contribution in [0.5, 0.6) is 0 Å². The van der Waals surface area contributed by atoms with Crippen LogP contribution in [0.4, 0.5) is 0 Å². The van der Waals surface area contributed by atoms with Crippen molar-refractivity contribution in [2.75, 3.05) is 7.11 Å². The van der Waals surface area contributed by atoms with Crippen LogP contribution in [0.2, 0.25) is 0 Å². The molecule has 0 saturated carbocycles. The van der Waals surface area contributed by atoms with Gasteiger partial charge in [-0.05, 0) is 36.6 Å². The molecule has 0 atom stereocenters. The van der Waals surface area contributed by atoms with Gasteiger partial charge in [-0.25, -0.2) is 9.78 Å². The zero-order valence-electron chi connectivity index (χ0n) is 10.5. The second kappa shape index (κ2) is 5.45. The number of pyridine rings is 1. The minimum absolute atomic E-state index is 0.338. The number of methoxy groups -OCH3 is 1. The van der Waals surface area contributed by atoms with E-state index in [1.165, 1.54) is 12.7 Å². The van der Waals surface area contributed by atoms with Crippen LogP contribution in [0, 0.1) is 0 Å². The van der Waals surface area contributed by atoms with Gasteiger partial charge < -0.3 is 4.74 Å². The summed E-state index contributed by atoms with van der Waals surface area (Å²) in [6.45, 7) is 2.06. The number of rotatable bonds is 2. The molecule has 92 valence electrons. The molecule has 1 aromatic rings. The van der Waals surface area contributed by atoms with Gasteiger partial charge in [-0.1, -0.05) is 29.9 Å². The van der Waals surface area contributed by atoms with E-state index in [1.54, 1.807) is 12.3 Å². The number of nitrogens with zero attached hydrogens (tertiary/aromatic N) is 1. The van der Waals surface area contributed by atoms with Gasteiger partial charge in [0.25, 0.3) is 0 Å². The molecule has 0 fully saturated rings. The molecule has 0 radical (unpaired) electrons. The molecule has 1 aromatic heterocycles. The van der Waals surface area contributed by atoms with Crippen LogP contribution in [0.15, 0.2) is 48.2 Å². The Morgan fingerprint density at radius 3 is 3.00 bits per heavy atom. The van der Waals surface area contributed by atoms with E-state index in [0.29, 0.717) is 5.69 Å². The fourth-order valence-electron chi connectivity index (χ4n) is 1.79. The van der Waals surface area contributed by atoms with E-state index in [1.807, 2.05) is 6.07 Å². The monoisotopic (exact) mass is 241 g/mol. The number of ether oxygens (including phenoxy) is 1. The number of aromatic nitrogens is 1. The maximum absolute atomic E-state index is 11.4. The SMILES string of the molecule is COC(=O)c1cc(C2=CC=C(C)C=CC2)ccn1. The molecular formula is C15H15NO2. The summed E-state index contributed by atoms with van der Waals surface area (Å²) >= 11 is 0. The smallest absolute Gasteiger partial charge is 0.356 e. The van der Waals surface area contributed by atoms with Crippen molar-refractivity contribution >= 4 is 11.5 Å². The Labute approximate surface area is 107 Å². The van der Waals surface area contributed by atoms with E-state index in [4.69, 9.17) is 0 Å². The predicted molar refractivity (Wildman–Crippen MR) is 71.1 cm³/mol. The third kappa shape index (κ3) is 2.74. The first-order valence-electron chi connectivity index (χ1n) is 5.79. The number of allylic oxidation sites excluding steroid dienone is 6. The molecule has 3 nitrogen and oxygen atoms in total. The Morgan fingerprint density at radius 1 is 1.39 bits per heavy atom. The number of carbonyl (C=O) groups is 1. The van der Waals surface area contributed by atoms with Crippen molar-refractivity contribution in [3.63, 3.8) is 0 Å². The van der Waals surface area contributed by atoms with Gasteiger partial charge in [-0.15, -0.1) is 0 Å². The predicted octanol–water partition coefficient (Wildman–Crippen LogP) is 3.16. The minimum atomic E-state index is -0.409. The molecule has 0 amide bonds. The fourth-order valence-corrected chi connectivity index (χ4v) is 1.79. The van der Waals surface area contributed by atoms with Gasteiger partial charge in [-0.2, -0.15) is 0 Å². The quantitative estimate of drug-likeness (QED) is 0.746. The van der Waals surface area contributed by atoms with Crippen LogP contribution in [0.3, 0.4) is 0 Å². The molecule has 0 spiro atoms. The molecule has 0 aliphatic heterocycles. The van der Waals surface area contributed by atoms with Crippen molar-refractivity contribution in [3.8, 4) is 0 Å². The molecule has 0 unspecified atom stereocenters. The lowest BCUT2D eigenvalue weighted by Crippen LogP contribution is -2.04. The molecule has 0 N–H and O–H groups in total. The van der Waals surface area contributed by atoms with Gasteiger partial charge in [0.05, 0.1) is 7.11 Å². The van der Waals surface area contributed by atoms with Crippen molar-refractivity contribution in [3.05, 3.63) is 59.5 Å². The summed E-state index contributed by atoms with van der Waals surface area (Å²) in [5.41, 5.74) is 3.72. The molecule has 0 aromatic carbocycles. The third-order valence-electron chi connectivity index (χ3n) is 2.79. The standard InChI is InChI=1S/C15H15NO2/c1-11-4-3-5-12(7-6-11)13-8-9-16-14(10-13)15(17)18-2/h3-4,6-10H,5H2,1-2H3. The lowest BCUT2D eigenvalue weighted by Gasteiger charge is -2.05. The molecular weight excluding hydrogens is 226 g/mol. The summed E-state index contributed by atoms with van der Waals surface area (Å²) in [6, 6.07) is 3.67. The number of carbonyl (C=O) groups excluding carboxylic acids is 1. The normalized spacial score (nSPS) is 14.6. The van der Waals surface area contributed by atoms with Crippen LogP contribution < -0.4 is 0 Å². The van der Waals surface area contributed by atoms with Gasteiger partial charge in [0.2, 0.25) is 0 Å². The van der Waals surface area contributed by atoms with E-state index >= 15 is 0 Å². The molecule has 1 heterocycles. The first kappa shape index (κ1) is 12.3. The molecule has 1 aliphatic carbocycles. The number of hydrogen-bond acceptors (Lipinski definition) is 3. The topological polar surface area (TPSA) is 39.2 Å². The van der Waals surface area contributed by atoms with Gasteiger partial charge in [0, 0.05) is 6.20 Å². The number of esters is 1. The van der Waals surface area contributed by atoms with Gasteiger partial charge in [-0.3, -0.25) is 0 Å². The lowest BCUT2D eigenvalue weighted by molar-refractivity contribution is 0.0594. The molecule has 0 bridgehead atoms. The van der Waals surface area contributed by atoms with Crippen molar-refractivity contribution < 1.29 is 9.53 Å². The first-order chi connectivity index (χ1) is 8.70. The summed E-state index contributed by atoms with van der Waals surface area (Å²) in [7, 11) is 1.36. The molecule has 1 aliphatic rings. The van der Waals surface area contributed by atoms with E-state index in [9.17, 15) is 4.79 Å². The van der Waals surface area contributed by atoms with Gasteiger partial charge >= 0.3 is 5.97 Å². The second-order valence-corrected chi connectivity index (χ2v) is 4.13. The average Bonchev–Trinajstić information content (AvgIpc) is 2.63.